The monoisotopic (exact) mass is 569 g/mol. The molecule has 0 radical (unpaired) electrons. The van der Waals surface area contributed by atoms with E-state index in [-0.39, 0.29) is 17.3 Å². The van der Waals surface area contributed by atoms with Gasteiger partial charge in [-0.05, 0) is 68.1 Å². The van der Waals surface area contributed by atoms with E-state index in [0.717, 1.165) is 27.4 Å². The number of hydrogen-bond donors (Lipinski definition) is 1. The first kappa shape index (κ1) is 30.2. The van der Waals surface area contributed by atoms with Crippen molar-refractivity contribution in [3.8, 4) is 0 Å². The molecule has 208 valence electrons. The van der Waals surface area contributed by atoms with Crippen LogP contribution < -0.4 is 9.62 Å². The number of nitrogens with zero attached hydrogens (tertiary/aromatic N) is 2. The average molecular weight is 570 g/mol. The second kappa shape index (κ2) is 13.6. The number of benzene rings is 3. The summed E-state index contributed by atoms with van der Waals surface area (Å²) in [6.07, 6.45) is 1.33. The summed E-state index contributed by atoms with van der Waals surface area (Å²) in [5.74, 6) is -0.799. The van der Waals surface area contributed by atoms with Crippen molar-refractivity contribution in [1.29, 1.82) is 0 Å². The maximum absolute atomic E-state index is 14.0. The van der Waals surface area contributed by atoms with Gasteiger partial charge >= 0.3 is 0 Å². The van der Waals surface area contributed by atoms with E-state index in [4.69, 9.17) is 11.6 Å². The smallest absolute Gasteiger partial charge is 0.264 e. The third kappa shape index (κ3) is 7.61. The predicted octanol–water partition coefficient (Wildman–Crippen LogP) is 5.35. The van der Waals surface area contributed by atoms with Gasteiger partial charge < -0.3 is 10.2 Å². The summed E-state index contributed by atoms with van der Waals surface area (Å²) in [5, 5.41) is 3.39. The van der Waals surface area contributed by atoms with Crippen molar-refractivity contribution in [2.45, 2.75) is 58.0 Å². The maximum Gasteiger partial charge on any atom is 0.264 e. The first-order chi connectivity index (χ1) is 18.6. The van der Waals surface area contributed by atoms with Crippen molar-refractivity contribution in [2.24, 2.45) is 0 Å². The zero-order valence-corrected chi connectivity index (χ0v) is 24.4. The predicted molar refractivity (Wildman–Crippen MR) is 156 cm³/mol. The summed E-state index contributed by atoms with van der Waals surface area (Å²) in [6, 6.07) is 19.9. The number of nitrogens with one attached hydrogen (secondary N) is 1. The molecule has 3 rings (SSSR count). The summed E-state index contributed by atoms with van der Waals surface area (Å²) >= 11 is 6.05. The van der Waals surface area contributed by atoms with Gasteiger partial charge in [0.05, 0.1) is 10.6 Å². The van der Waals surface area contributed by atoms with E-state index in [9.17, 15) is 18.0 Å². The van der Waals surface area contributed by atoms with Crippen LogP contribution in [-0.4, -0.2) is 44.3 Å². The summed E-state index contributed by atoms with van der Waals surface area (Å²) in [7, 11) is -4.10. The Morgan fingerprint density at radius 1 is 0.949 bits per heavy atom. The van der Waals surface area contributed by atoms with Gasteiger partial charge in [0.25, 0.3) is 10.0 Å². The van der Waals surface area contributed by atoms with E-state index in [1.165, 1.54) is 4.90 Å². The van der Waals surface area contributed by atoms with Crippen LogP contribution in [0.15, 0.2) is 77.7 Å². The Morgan fingerprint density at radius 2 is 1.59 bits per heavy atom. The van der Waals surface area contributed by atoms with Crippen LogP contribution in [0.5, 0.6) is 0 Å². The van der Waals surface area contributed by atoms with Crippen molar-refractivity contribution < 1.29 is 18.0 Å². The number of aryl methyl sites for hydroxylation is 2. The molecule has 3 aromatic rings. The lowest BCUT2D eigenvalue weighted by atomic mass is 10.1. The number of amides is 2. The summed E-state index contributed by atoms with van der Waals surface area (Å²) in [4.78, 5) is 28.4. The number of halogens is 1. The van der Waals surface area contributed by atoms with Crippen LogP contribution in [-0.2, 0) is 32.6 Å². The average Bonchev–Trinajstić information content (AvgIpc) is 2.93. The molecule has 9 heteroatoms. The molecule has 0 aliphatic carbocycles. The maximum atomic E-state index is 14.0. The van der Waals surface area contributed by atoms with Gasteiger partial charge in [-0.3, -0.25) is 13.9 Å². The second-order valence-electron chi connectivity index (χ2n) is 9.42. The highest BCUT2D eigenvalue weighted by atomic mass is 35.5. The first-order valence-electron chi connectivity index (χ1n) is 13.1. The van der Waals surface area contributed by atoms with Gasteiger partial charge in [-0.25, -0.2) is 8.42 Å². The van der Waals surface area contributed by atoms with Crippen LogP contribution in [0.1, 0.15) is 43.9 Å². The highest BCUT2D eigenvalue weighted by Crippen LogP contribution is 2.28. The lowest BCUT2D eigenvalue weighted by Gasteiger charge is -2.32. The Bertz CT molecular complexity index is 1380. The lowest BCUT2D eigenvalue weighted by Crippen LogP contribution is -2.51. The van der Waals surface area contributed by atoms with E-state index in [1.807, 2.05) is 32.9 Å². The molecular weight excluding hydrogens is 534 g/mol. The van der Waals surface area contributed by atoms with Gasteiger partial charge in [-0.2, -0.15) is 0 Å². The Balaban J connectivity index is 2.05. The number of carbonyl (C=O) groups excluding carboxylic acids is 2. The van der Waals surface area contributed by atoms with Crippen molar-refractivity contribution in [3.63, 3.8) is 0 Å². The molecule has 0 unspecified atom stereocenters. The summed E-state index contributed by atoms with van der Waals surface area (Å²) in [5.41, 5.74) is 2.92. The van der Waals surface area contributed by atoms with Gasteiger partial charge in [0.1, 0.15) is 12.6 Å². The van der Waals surface area contributed by atoms with Gasteiger partial charge in [0.15, 0.2) is 0 Å². The van der Waals surface area contributed by atoms with Crippen molar-refractivity contribution in [2.75, 3.05) is 17.4 Å². The van der Waals surface area contributed by atoms with Crippen LogP contribution in [0.25, 0.3) is 0 Å². The minimum Gasteiger partial charge on any atom is -0.354 e. The van der Waals surface area contributed by atoms with Gasteiger partial charge in [0, 0.05) is 18.1 Å². The van der Waals surface area contributed by atoms with Crippen molar-refractivity contribution in [3.05, 3.63) is 94.5 Å². The molecule has 0 aliphatic heterocycles. The van der Waals surface area contributed by atoms with E-state index in [1.54, 1.807) is 67.6 Å². The fourth-order valence-corrected chi connectivity index (χ4v) is 5.75. The molecule has 0 saturated heterocycles. The molecule has 0 aromatic heterocycles. The minimum absolute atomic E-state index is 0.0878. The highest BCUT2D eigenvalue weighted by Gasteiger charge is 2.33. The molecule has 0 bridgehead atoms. The van der Waals surface area contributed by atoms with Gasteiger partial charge in [0.2, 0.25) is 11.8 Å². The zero-order valence-electron chi connectivity index (χ0n) is 22.9. The molecule has 0 aliphatic rings. The Kier molecular flexibility index (Phi) is 10.5. The number of sulfonamides is 1. The molecule has 0 saturated carbocycles. The lowest BCUT2D eigenvalue weighted by molar-refractivity contribution is -0.139. The first-order valence-corrected chi connectivity index (χ1v) is 14.9. The largest absolute Gasteiger partial charge is 0.354 e. The quantitative estimate of drug-likeness (QED) is 0.318. The van der Waals surface area contributed by atoms with Crippen molar-refractivity contribution in [1.82, 2.24) is 10.2 Å². The molecule has 3 aromatic carbocycles. The molecule has 0 fully saturated rings. The Morgan fingerprint density at radius 3 is 2.21 bits per heavy atom. The fraction of sp³-hybridized carbons (Fsp3) is 0.333. The number of rotatable bonds is 12. The number of carbonyl (C=O) groups is 2. The molecule has 1 N–H and O–H groups in total. The van der Waals surface area contributed by atoms with Gasteiger partial charge in [-0.15, -0.1) is 0 Å². The molecule has 7 nitrogen and oxygen atoms in total. The molecule has 2 amide bonds. The minimum atomic E-state index is -4.10. The molecule has 0 spiro atoms. The normalized spacial score (nSPS) is 12.0. The van der Waals surface area contributed by atoms with E-state index < -0.39 is 28.5 Å². The van der Waals surface area contributed by atoms with Crippen LogP contribution >= 0.6 is 11.6 Å². The number of hydrogen-bond acceptors (Lipinski definition) is 4. The summed E-state index contributed by atoms with van der Waals surface area (Å²) < 4.78 is 29.1. The topological polar surface area (TPSA) is 86.8 Å². The number of para-hydroxylation sites is 1. The molecule has 0 heterocycles. The van der Waals surface area contributed by atoms with Crippen LogP contribution in [0.3, 0.4) is 0 Å². The SMILES string of the molecule is CCCNC(=O)[C@H](C)N(Cc1ccc(Cl)cc1)C(=O)CN(c1ccccc1CC)S(=O)(=O)c1ccc(C)cc1. The number of anilines is 1. The molecule has 1 atom stereocenters. The third-order valence-electron chi connectivity index (χ3n) is 6.51. The Hall–Kier alpha value is -3.36. The van der Waals surface area contributed by atoms with Crippen LogP contribution in [0, 0.1) is 6.92 Å². The second-order valence-corrected chi connectivity index (χ2v) is 11.7. The third-order valence-corrected chi connectivity index (χ3v) is 8.54. The zero-order chi connectivity index (χ0) is 28.6. The van der Waals surface area contributed by atoms with E-state index in [0.29, 0.717) is 23.7 Å². The fourth-order valence-electron chi connectivity index (χ4n) is 4.17. The van der Waals surface area contributed by atoms with Crippen LogP contribution in [0.2, 0.25) is 5.02 Å². The summed E-state index contributed by atoms with van der Waals surface area (Å²) in [6.45, 7) is 7.53. The standard InChI is InChI=1S/C30H36ClN3O4S/c1-5-19-32-30(36)23(4)33(20-24-13-15-26(31)16-14-24)29(35)21-34(28-10-8-7-9-25(28)6-2)39(37,38)27-17-11-22(3)12-18-27/h7-18,23H,5-6,19-21H2,1-4H3,(H,32,36)/t23-/m0/s1. The molecular formula is C30H36ClN3O4S. The highest BCUT2D eigenvalue weighted by molar-refractivity contribution is 7.92. The Labute approximate surface area is 236 Å². The van der Waals surface area contributed by atoms with Crippen molar-refractivity contribution >= 4 is 39.1 Å². The van der Waals surface area contributed by atoms with E-state index >= 15 is 0 Å². The molecule has 39 heavy (non-hydrogen) atoms. The van der Waals surface area contributed by atoms with Crippen LogP contribution in [0.4, 0.5) is 5.69 Å². The van der Waals surface area contributed by atoms with Gasteiger partial charge in [-0.1, -0.05) is 73.5 Å². The van der Waals surface area contributed by atoms with E-state index in [2.05, 4.69) is 5.32 Å².